The number of halogens is 1. The van der Waals surface area contributed by atoms with Crippen LogP contribution >= 0.6 is 15.9 Å². The average molecular weight is 292 g/mol. The van der Waals surface area contributed by atoms with Crippen LogP contribution in [0.3, 0.4) is 0 Å². The van der Waals surface area contributed by atoms with Gasteiger partial charge in [-0.15, -0.1) is 0 Å². The summed E-state index contributed by atoms with van der Waals surface area (Å²) in [6.07, 6.45) is 4.99. The number of alkyl halides is 1. The van der Waals surface area contributed by atoms with Gasteiger partial charge in [0.1, 0.15) is 0 Å². The van der Waals surface area contributed by atoms with E-state index in [1.165, 1.54) is 0 Å². The highest BCUT2D eigenvalue weighted by Crippen LogP contribution is 2.16. The number of nitrogens with one attached hydrogen (secondary N) is 1. The Labute approximate surface area is 106 Å². The maximum absolute atomic E-state index is 11.6. The number of rotatable bonds is 6. The van der Waals surface area contributed by atoms with Gasteiger partial charge in [0.25, 0.3) is 0 Å². The highest BCUT2D eigenvalue weighted by molar-refractivity contribution is 9.09. The van der Waals surface area contributed by atoms with Gasteiger partial charge in [-0.25, -0.2) is 0 Å². The maximum Gasteiger partial charge on any atom is 0.220 e. The Morgan fingerprint density at radius 3 is 2.88 bits per heavy atom. The molecule has 0 aromatic heterocycles. The first-order valence-corrected chi connectivity index (χ1v) is 7.04. The van der Waals surface area contributed by atoms with Gasteiger partial charge in [0.05, 0.1) is 6.10 Å². The van der Waals surface area contributed by atoms with Crippen LogP contribution in [-0.4, -0.2) is 29.5 Å². The van der Waals surface area contributed by atoms with Crippen LogP contribution < -0.4 is 5.32 Å². The van der Waals surface area contributed by atoms with Gasteiger partial charge in [-0.2, -0.15) is 0 Å². The van der Waals surface area contributed by atoms with Gasteiger partial charge in [0, 0.05) is 23.9 Å². The molecule has 3 atom stereocenters. The molecule has 1 rings (SSSR count). The molecule has 1 aliphatic heterocycles. The Kier molecular flexibility index (Phi) is 6.36. The molecular weight excluding hydrogens is 270 g/mol. The standard InChI is InChI=1S/C12H22BrNO2/c1-9(13)8-10(2)14-12(15)6-5-11-4-3-7-16-11/h9-11H,3-8H2,1-2H3,(H,14,15). The Hall–Kier alpha value is -0.0900. The van der Waals surface area contributed by atoms with Gasteiger partial charge in [-0.1, -0.05) is 22.9 Å². The zero-order chi connectivity index (χ0) is 12.0. The van der Waals surface area contributed by atoms with Crippen LogP contribution in [0.1, 0.15) is 46.0 Å². The van der Waals surface area contributed by atoms with Gasteiger partial charge >= 0.3 is 0 Å². The minimum Gasteiger partial charge on any atom is -0.378 e. The molecule has 0 saturated carbocycles. The largest absolute Gasteiger partial charge is 0.378 e. The zero-order valence-electron chi connectivity index (χ0n) is 10.2. The summed E-state index contributed by atoms with van der Waals surface area (Å²) in [5.74, 6) is 0.149. The molecule has 3 unspecified atom stereocenters. The number of hydrogen-bond donors (Lipinski definition) is 1. The van der Waals surface area contributed by atoms with Crippen molar-refractivity contribution in [1.29, 1.82) is 0 Å². The van der Waals surface area contributed by atoms with E-state index in [1.54, 1.807) is 0 Å². The first kappa shape index (κ1) is 14.0. The van der Waals surface area contributed by atoms with Gasteiger partial charge in [0.2, 0.25) is 5.91 Å². The normalized spacial score (nSPS) is 24.1. The molecule has 0 radical (unpaired) electrons. The van der Waals surface area contributed by atoms with Crippen molar-refractivity contribution in [3.63, 3.8) is 0 Å². The Bertz CT molecular complexity index is 215. The zero-order valence-corrected chi connectivity index (χ0v) is 11.8. The van der Waals surface area contributed by atoms with Crippen molar-refractivity contribution in [2.24, 2.45) is 0 Å². The van der Waals surface area contributed by atoms with Crippen LogP contribution in [0.4, 0.5) is 0 Å². The van der Waals surface area contributed by atoms with E-state index in [0.29, 0.717) is 17.4 Å². The third-order valence-electron chi connectivity index (χ3n) is 2.80. The quantitative estimate of drug-likeness (QED) is 0.764. The van der Waals surface area contributed by atoms with Crippen molar-refractivity contribution in [2.45, 2.75) is 62.9 Å². The van der Waals surface area contributed by atoms with Crippen molar-refractivity contribution >= 4 is 21.8 Å². The molecule has 0 bridgehead atoms. The lowest BCUT2D eigenvalue weighted by molar-refractivity contribution is -0.122. The van der Waals surface area contributed by atoms with Crippen LogP contribution in [-0.2, 0) is 9.53 Å². The Balaban J connectivity index is 2.09. The van der Waals surface area contributed by atoms with Gasteiger partial charge in [-0.05, 0) is 32.6 Å². The van der Waals surface area contributed by atoms with Crippen molar-refractivity contribution in [2.75, 3.05) is 6.61 Å². The highest BCUT2D eigenvalue weighted by Gasteiger charge is 2.17. The van der Waals surface area contributed by atoms with Crippen LogP contribution in [0.15, 0.2) is 0 Å². The second kappa shape index (κ2) is 7.28. The fourth-order valence-electron chi connectivity index (χ4n) is 2.06. The predicted molar refractivity (Wildman–Crippen MR) is 68.8 cm³/mol. The van der Waals surface area contributed by atoms with E-state index in [4.69, 9.17) is 4.74 Å². The molecular formula is C12H22BrNO2. The molecule has 0 spiro atoms. The molecule has 0 aliphatic carbocycles. The fourth-order valence-corrected chi connectivity index (χ4v) is 2.62. The first-order valence-electron chi connectivity index (χ1n) is 6.13. The third kappa shape index (κ3) is 5.85. The number of carbonyl (C=O) groups is 1. The molecule has 3 nitrogen and oxygen atoms in total. The lowest BCUT2D eigenvalue weighted by Gasteiger charge is -2.16. The van der Waals surface area contributed by atoms with E-state index in [-0.39, 0.29) is 11.9 Å². The summed E-state index contributed by atoms with van der Waals surface area (Å²) in [7, 11) is 0. The lowest BCUT2D eigenvalue weighted by atomic mass is 10.1. The van der Waals surface area contributed by atoms with Gasteiger partial charge in [0.15, 0.2) is 0 Å². The molecule has 0 aromatic carbocycles. The highest BCUT2D eigenvalue weighted by atomic mass is 79.9. The second-order valence-corrected chi connectivity index (χ2v) is 6.22. The van der Waals surface area contributed by atoms with E-state index in [0.717, 1.165) is 32.3 Å². The van der Waals surface area contributed by atoms with Crippen molar-refractivity contribution < 1.29 is 9.53 Å². The summed E-state index contributed by atoms with van der Waals surface area (Å²) in [6, 6.07) is 0.242. The molecule has 4 heteroatoms. The monoisotopic (exact) mass is 291 g/mol. The molecule has 1 aliphatic rings. The Morgan fingerprint density at radius 1 is 1.56 bits per heavy atom. The fraction of sp³-hybridized carbons (Fsp3) is 0.917. The van der Waals surface area contributed by atoms with E-state index >= 15 is 0 Å². The van der Waals surface area contributed by atoms with E-state index in [2.05, 4.69) is 28.2 Å². The lowest BCUT2D eigenvalue weighted by Crippen LogP contribution is -2.34. The minimum atomic E-state index is 0.149. The summed E-state index contributed by atoms with van der Waals surface area (Å²) < 4.78 is 5.49. The van der Waals surface area contributed by atoms with Crippen LogP contribution in [0.25, 0.3) is 0 Å². The minimum absolute atomic E-state index is 0.149. The van der Waals surface area contributed by atoms with Crippen molar-refractivity contribution in [3.8, 4) is 0 Å². The maximum atomic E-state index is 11.6. The number of ether oxygens (including phenoxy) is 1. The van der Waals surface area contributed by atoms with E-state index < -0.39 is 0 Å². The topological polar surface area (TPSA) is 38.3 Å². The third-order valence-corrected chi connectivity index (χ3v) is 3.18. The Morgan fingerprint density at radius 2 is 2.31 bits per heavy atom. The van der Waals surface area contributed by atoms with Gasteiger partial charge in [-0.3, -0.25) is 4.79 Å². The molecule has 94 valence electrons. The van der Waals surface area contributed by atoms with Crippen molar-refractivity contribution in [3.05, 3.63) is 0 Å². The molecule has 1 amide bonds. The smallest absolute Gasteiger partial charge is 0.220 e. The molecule has 16 heavy (non-hydrogen) atoms. The summed E-state index contributed by atoms with van der Waals surface area (Å²) >= 11 is 3.49. The number of hydrogen-bond acceptors (Lipinski definition) is 2. The second-order valence-electron chi connectivity index (χ2n) is 4.66. The SMILES string of the molecule is CC(Br)CC(C)NC(=O)CCC1CCCO1. The molecule has 1 fully saturated rings. The summed E-state index contributed by atoms with van der Waals surface area (Å²) in [5, 5.41) is 3.01. The van der Waals surface area contributed by atoms with E-state index in [1.807, 2.05) is 6.92 Å². The van der Waals surface area contributed by atoms with Crippen LogP contribution in [0.5, 0.6) is 0 Å². The van der Waals surface area contributed by atoms with Crippen LogP contribution in [0.2, 0.25) is 0 Å². The molecule has 0 aromatic rings. The number of amides is 1. The summed E-state index contributed by atoms with van der Waals surface area (Å²) in [5.41, 5.74) is 0. The first-order chi connectivity index (χ1) is 7.58. The van der Waals surface area contributed by atoms with Crippen molar-refractivity contribution in [1.82, 2.24) is 5.32 Å². The average Bonchev–Trinajstić information content (AvgIpc) is 2.65. The molecule has 1 N–H and O–H groups in total. The molecule has 1 heterocycles. The van der Waals surface area contributed by atoms with Gasteiger partial charge < -0.3 is 10.1 Å². The van der Waals surface area contributed by atoms with E-state index in [9.17, 15) is 4.79 Å². The summed E-state index contributed by atoms with van der Waals surface area (Å²) in [4.78, 5) is 12.1. The molecule has 1 saturated heterocycles. The predicted octanol–water partition coefficient (Wildman–Crippen LogP) is 2.62. The summed E-state index contributed by atoms with van der Waals surface area (Å²) in [6.45, 7) is 5.00. The van der Waals surface area contributed by atoms with Crippen LogP contribution in [0, 0.1) is 0 Å². The number of carbonyl (C=O) groups excluding carboxylic acids is 1.